The van der Waals surface area contributed by atoms with E-state index < -0.39 is 6.10 Å². The van der Waals surface area contributed by atoms with Crippen molar-refractivity contribution in [3.63, 3.8) is 0 Å². The van der Waals surface area contributed by atoms with Crippen LogP contribution in [0.5, 0.6) is 0 Å². The molecule has 0 radical (unpaired) electrons. The maximum atomic E-state index is 11.8. The minimum Gasteiger partial charge on any atom is -0.391 e. The van der Waals surface area contributed by atoms with Gasteiger partial charge in [0.05, 0.1) is 17.0 Å². The average molecular weight is 261 g/mol. The first-order valence-corrected chi connectivity index (χ1v) is 6.29. The van der Waals surface area contributed by atoms with Crippen LogP contribution in [0.4, 0.5) is 5.95 Å². The van der Waals surface area contributed by atoms with Crippen LogP contribution in [0.3, 0.4) is 0 Å². The lowest BCUT2D eigenvalue weighted by molar-refractivity contribution is 0.0744. The highest BCUT2D eigenvalue weighted by molar-refractivity contribution is 5.78. The van der Waals surface area contributed by atoms with Crippen LogP contribution >= 0.6 is 0 Å². The number of aliphatic hydroxyl groups is 1. The van der Waals surface area contributed by atoms with E-state index in [2.05, 4.69) is 15.3 Å². The molecule has 3 N–H and O–H groups in total. The number of hydrogen-bond donors (Lipinski definition) is 3. The molecule has 5 heteroatoms. The van der Waals surface area contributed by atoms with Crippen molar-refractivity contribution < 1.29 is 5.11 Å². The largest absolute Gasteiger partial charge is 0.391 e. The van der Waals surface area contributed by atoms with Crippen LogP contribution in [0.2, 0.25) is 0 Å². The summed E-state index contributed by atoms with van der Waals surface area (Å²) in [7, 11) is 0. The summed E-state index contributed by atoms with van der Waals surface area (Å²) in [4.78, 5) is 18.8. The number of aromatic nitrogens is 2. The molecule has 0 saturated carbocycles. The highest BCUT2D eigenvalue weighted by Crippen LogP contribution is 2.19. The summed E-state index contributed by atoms with van der Waals surface area (Å²) in [5.74, 6) is 0.381. The topological polar surface area (TPSA) is 78.0 Å². The summed E-state index contributed by atoms with van der Waals surface area (Å²) in [6, 6.07) is 7.16. The van der Waals surface area contributed by atoms with Gasteiger partial charge in [-0.2, -0.15) is 0 Å². The first kappa shape index (κ1) is 13.5. The van der Waals surface area contributed by atoms with Gasteiger partial charge >= 0.3 is 0 Å². The van der Waals surface area contributed by atoms with Gasteiger partial charge in [0.1, 0.15) is 0 Å². The van der Waals surface area contributed by atoms with Crippen molar-refractivity contribution in [2.24, 2.45) is 5.41 Å². The Balaban J connectivity index is 2.21. The molecular formula is C14H19N3O2. The molecule has 2 rings (SSSR count). The summed E-state index contributed by atoms with van der Waals surface area (Å²) in [6.07, 6.45) is -0.524. The van der Waals surface area contributed by atoms with E-state index in [1.807, 2.05) is 26.8 Å². The highest BCUT2D eigenvalue weighted by atomic mass is 16.3. The Hall–Kier alpha value is -1.88. The molecule has 0 amide bonds. The van der Waals surface area contributed by atoms with E-state index in [-0.39, 0.29) is 11.0 Å². The second kappa shape index (κ2) is 5.01. The van der Waals surface area contributed by atoms with Crippen LogP contribution in [0.1, 0.15) is 20.8 Å². The Bertz CT molecular complexity index is 628. The molecule has 0 unspecified atom stereocenters. The van der Waals surface area contributed by atoms with E-state index in [0.29, 0.717) is 23.4 Å². The van der Waals surface area contributed by atoms with Gasteiger partial charge < -0.3 is 10.4 Å². The number of nitrogens with one attached hydrogen (secondary N) is 2. The number of para-hydroxylation sites is 1. The highest BCUT2D eigenvalue weighted by Gasteiger charge is 2.21. The van der Waals surface area contributed by atoms with Crippen LogP contribution in [0.15, 0.2) is 29.1 Å². The van der Waals surface area contributed by atoms with E-state index in [0.717, 1.165) is 0 Å². The fourth-order valence-corrected chi connectivity index (χ4v) is 1.67. The molecule has 5 nitrogen and oxygen atoms in total. The fraction of sp³-hybridized carbons (Fsp3) is 0.429. The maximum absolute atomic E-state index is 11.8. The average Bonchev–Trinajstić information content (AvgIpc) is 2.35. The third kappa shape index (κ3) is 3.12. The predicted octanol–water partition coefficient (Wildman–Crippen LogP) is 1.74. The van der Waals surface area contributed by atoms with E-state index in [1.165, 1.54) is 0 Å². The van der Waals surface area contributed by atoms with Crippen molar-refractivity contribution >= 4 is 16.9 Å². The van der Waals surface area contributed by atoms with Crippen LogP contribution in [0, 0.1) is 5.41 Å². The van der Waals surface area contributed by atoms with Crippen molar-refractivity contribution in [2.45, 2.75) is 26.9 Å². The molecule has 0 spiro atoms. The monoisotopic (exact) mass is 261 g/mol. The number of aromatic amines is 1. The zero-order valence-corrected chi connectivity index (χ0v) is 11.4. The van der Waals surface area contributed by atoms with Gasteiger partial charge in [0.2, 0.25) is 5.95 Å². The standard InChI is InChI=1S/C14H19N3O2/c1-14(2,3)11(18)8-15-13-16-10-7-5-4-6-9(10)12(19)17-13/h4-7,11,18H,8H2,1-3H3,(H2,15,16,17,19)/t11-/m0/s1. The maximum Gasteiger partial charge on any atom is 0.260 e. The Morgan fingerprint density at radius 3 is 2.74 bits per heavy atom. The summed E-state index contributed by atoms with van der Waals surface area (Å²) < 4.78 is 0. The van der Waals surface area contributed by atoms with Gasteiger partial charge in [0, 0.05) is 6.54 Å². The van der Waals surface area contributed by atoms with E-state index >= 15 is 0 Å². The quantitative estimate of drug-likeness (QED) is 0.786. The lowest BCUT2D eigenvalue weighted by atomic mass is 9.89. The summed E-state index contributed by atoms with van der Waals surface area (Å²) in [6.45, 7) is 6.20. The summed E-state index contributed by atoms with van der Waals surface area (Å²) >= 11 is 0. The van der Waals surface area contributed by atoms with Crippen LogP contribution < -0.4 is 10.9 Å². The van der Waals surface area contributed by atoms with Gasteiger partial charge in [-0.3, -0.25) is 9.78 Å². The predicted molar refractivity (Wildman–Crippen MR) is 76.3 cm³/mol. The van der Waals surface area contributed by atoms with Crippen LogP contribution in [-0.2, 0) is 0 Å². The third-order valence-electron chi connectivity index (χ3n) is 3.08. The molecule has 0 fully saturated rings. The first-order valence-electron chi connectivity index (χ1n) is 6.29. The molecule has 102 valence electrons. The zero-order valence-electron chi connectivity index (χ0n) is 11.4. The lowest BCUT2D eigenvalue weighted by Crippen LogP contribution is -2.33. The number of fused-ring (bicyclic) bond motifs is 1. The van der Waals surface area contributed by atoms with E-state index in [1.54, 1.807) is 18.2 Å². The molecule has 0 saturated heterocycles. The lowest BCUT2D eigenvalue weighted by Gasteiger charge is -2.25. The summed E-state index contributed by atoms with van der Waals surface area (Å²) in [5, 5.41) is 13.5. The number of hydrogen-bond acceptors (Lipinski definition) is 4. The number of H-pyrrole nitrogens is 1. The molecule has 19 heavy (non-hydrogen) atoms. The van der Waals surface area contributed by atoms with Gasteiger partial charge in [0.25, 0.3) is 5.56 Å². The number of aliphatic hydroxyl groups excluding tert-OH is 1. The minimum absolute atomic E-state index is 0.182. The van der Waals surface area contributed by atoms with Gasteiger partial charge in [-0.1, -0.05) is 32.9 Å². The molecular weight excluding hydrogens is 242 g/mol. The second-order valence-corrected chi connectivity index (χ2v) is 5.69. The van der Waals surface area contributed by atoms with Crippen LogP contribution in [-0.4, -0.2) is 27.7 Å². The Labute approximate surface area is 111 Å². The molecule has 1 heterocycles. The van der Waals surface area contributed by atoms with E-state index in [4.69, 9.17) is 0 Å². The molecule has 2 aromatic rings. The van der Waals surface area contributed by atoms with Gasteiger partial charge in [-0.15, -0.1) is 0 Å². The van der Waals surface area contributed by atoms with Gasteiger partial charge in [-0.25, -0.2) is 4.98 Å². The number of benzene rings is 1. The van der Waals surface area contributed by atoms with Crippen LogP contribution in [0.25, 0.3) is 10.9 Å². The SMILES string of the molecule is CC(C)(C)[C@@H](O)CNc1nc2ccccc2c(=O)[nH]1. The third-order valence-corrected chi connectivity index (χ3v) is 3.08. The molecule has 0 bridgehead atoms. The van der Waals surface area contributed by atoms with Crippen molar-refractivity contribution in [3.05, 3.63) is 34.6 Å². The Kier molecular flexibility index (Phi) is 3.57. The number of nitrogens with zero attached hydrogens (tertiary/aromatic N) is 1. The van der Waals surface area contributed by atoms with Gasteiger partial charge in [0.15, 0.2) is 0 Å². The van der Waals surface area contributed by atoms with Gasteiger partial charge in [-0.05, 0) is 17.5 Å². The second-order valence-electron chi connectivity index (χ2n) is 5.69. The summed E-state index contributed by atoms with van der Waals surface area (Å²) in [5.41, 5.74) is 0.238. The number of rotatable bonds is 3. The molecule has 1 atom stereocenters. The van der Waals surface area contributed by atoms with Crippen molar-refractivity contribution in [2.75, 3.05) is 11.9 Å². The van der Waals surface area contributed by atoms with Crippen molar-refractivity contribution in [3.8, 4) is 0 Å². The van der Waals surface area contributed by atoms with Crippen molar-refractivity contribution in [1.82, 2.24) is 9.97 Å². The number of anilines is 1. The van der Waals surface area contributed by atoms with E-state index in [9.17, 15) is 9.90 Å². The molecule has 0 aliphatic heterocycles. The molecule has 1 aromatic carbocycles. The smallest absolute Gasteiger partial charge is 0.260 e. The Morgan fingerprint density at radius 2 is 2.05 bits per heavy atom. The minimum atomic E-state index is -0.524. The zero-order chi connectivity index (χ0) is 14.0. The molecule has 1 aromatic heterocycles. The first-order chi connectivity index (χ1) is 8.88. The molecule has 0 aliphatic carbocycles. The Morgan fingerprint density at radius 1 is 1.37 bits per heavy atom. The normalized spacial score (nSPS) is 13.5. The fourth-order valence-electron chi connectivity index (χ4n) is 1.67. The molecule has 0 aliphatic rings. The van der Waals surface area contributed by atoms with Crippen molar-refractivity contribution in [1.29, 1.82) is 0 Å².